The van der Waals surface area contributed by atoms with Crippen LogP contribution in [0.4, 0.5) is 5.82 Å². The number of hydrogen-bond donors (Lipinski definition) is 1. The highest BCUT2D eigenvalue weighted by Gasteiger charge is 2.19. The van der Waals surface area contributed by atoms with E-state index in [2.05, 4.69) is 51.8 Å². The van der Waals surface area contributed by atoms with Crippen molar-refractivity contribution in [3.8, 4) is 11.3 Å². The van der Waals surface area contributed by atoms with Crippen LogP contribution in [0.2, 0.25) is 0 Å². The van der Waals surface area contributed by atoms with Gasteiger partial charge in [-0.05, 0) is 24.0 Å². The molecule has 3 aromatic heterocycles. The van der Waals surface area contributed by atoms with Crippen molar-refractivity contribution in [2.45, 2.75) is 38.6 Å². The van der Waals surface area contributed by atoms with Gasteiger partial charge in [-0.1, -0.05) is 62.1 Å². The Labute approximate surface area is 170 Å². The Morgan fingerprint density at radius 3 is 2.66 bits per heavy atom. The molecule has 1 aliphatic rings. The SMILES string of the molecule is c1ccc(-c2cc(NCc3cccnc3)n3ncc(CC4CCCC4)c3n2)cc1. The highest BCUT2D eigenvalue weighted by Crippen LogP contribution is 2.30. The van der Waals surface area contributed by atoms with Gasteiger partial charge in [0.2, 0.25) is 0 Å². The van der Waals surface area contributed by atoms with E-state index in [1.165, 1.54) is 31.2 Å². The molecule has 5 nitrogen and oxygen atoms in total. The maximum Gasteiger partial charge on any atom is 0.161 e. The lowest BCUT2D eigenvalue weighted by atomic mass is 10.00. The molecule has 3 heterocycles. The molecule has 1 aromatic carbocycles. The zero-order valence-electron chi connectivity index (χ0n) is 16.5. The van der Waals surface area contributed by atoms with E-state index in [9.17, 15) is 0 Å². The van der Waals surface area contributed by atoms with Crippen molar-refractivity contribution in [1.82, 2.24) is 19.6 Å². The summed E-state index contributed by atoms with van der Waals surface area (Å²) in [7, 11) is 0. The van der Waals surface area contributed by atoms with Crippen molar-refractivity contribution in [1.29, 1.82) is 0 Å². The Kier molecular flexibility index (Phi) is 4.95. The summed E-state index contributed by atoms with van der Waals surface area (Å²) in [5, 5.41) is 8.23. The second kappa shape index (κ2) is 8.03. The van der Waals surface area contributed by atoms with Crippen molar-refractivity contribution >= 4 is 11.5 Å². The predicted molar refractivity (Wildman–Crippen MR) is 116 cm³/mol. The van der Waals surface area contributed by atoms with Crippen molar-refractivity contribution in [2.24, 2.45) is 5.92 Å². The average molecular weight is 383 g/mol. The number of hydrogen-bond acceptors (Lipinski definition) is 4. The van der Waals surface area contributed by atoms with Gasteiger partial charge in [-0.15, -0.1) is 0 Å². The van der Waals surface area contributed by atoms with E-state index in [1.54, 1.807) is 6.20 Å². The standard InChI is InChI=1S/C24H25N5/c1-2-10-20(11-3-1)22-14-23(26-16-19-9-6-12-25-15-19)29-24(28-22)21(17-27-29)13-18-7-4-5-8-18/h1-3,6,9-12,14-15,17-18,26H,4-5,7-8,13,16H2. The Balaban J connectivity index is 1.53. The third kappa shape index (κ3) is 3.86. The molecule has 29 heavy (non-hydrogen) atoms. The fourth-order valence-corrected chi connectivity index (χ4v) is 4.26. The molecule has 0 radical (unpaired) electrons. The summed E-state index contributed by atoms with van der Waals surface area (Å²) in [5.41, 5.74) is 5.44. The van der Waals surface area contributed by atoms with Gasteiger partial charge in [0.15, 0.2) is 5.65 Å². The number of nitrogens with zero attached hydrogens (tertiary/aromatic N) is 4. The first-order chi connectivity index (χ1) is 14.4. The van der Waals surface area contributed by atoms with Crippen LogP contribution in [-0.2, 0) is 13.0 Å². The van der Waals surface area contributed by atoms with E-state index in [0.717, 1.165) is 40.6 Å². The first kappa shape index (κ1) is 17.9. The minimum absolute atomic E-state index is 0.693. The number of benzene rings is 1. The second-order valence-corrected chi connectivity index (χ2v) is 7.87. The fraction of sp³-hybridized carbons (Fsp3) is 0.292. The van der Waals surface area contributed by atoms with Crippen LogP contribution in [-0.4, -0.2) is 19.6 Å². The van der Waals surface area contributed by atoms with Crippen molar-refractivity contribution < 1.29 is 0 Å². The van der Waals surface area contributed by atoms with Crippen LogP contribution < -0.4 is 5.32 Å². The molecule has 1 fully saturated rings. The molecule has 1 aliphatic carbocycles. The Hall–Kier alpha value is -3.21. The number of nitrogens with one attached hydrogen (secondary N) is 1. The summed E-state index contributed by atoms with van der Waals surface area (Å²) < 4.78 is 1.95. The molecule has 146 valence electrons. The summed E-state index contributed by atoms with van der Waals surface area (Å²) in [4.78, 5) is 9.22. The number of rotatable bonds is 6. The molecule has 0 aliphatic heterocycles. The largest absolute Gasteiger partial charge is 0.366 e. The maximum absolute atomic E-state index is 5.01. The van der Waals surface area contributed by atoms with E-state index in [0.29, 0.717) is 6.54 Å². The van der Waals surface area contributed by atoms with Gasteiger partial charge in [-0.25, -0.2) is 4.98 Å². The van der Waals surface area contributed by atoms with Crippen LogP contribution in [0.25, 0.3) is 16.9 Å². The van der Waals surface area contributed by atoms with Gasteiger partial charge in [-0.3, -0.25) is 4.98 Å². The molecule has 5 rings (SSSR count). The number of anilines is 1. The van der Waals surface area contributed by atoms with Gasteiger partial charge in [-0.2, -0.15) is 9.61 Å². The lowest BCUT2D eigenvalue weighted by Gasteiger charge is -2.12. The molecule has 0 amide bonds. The van der Waals surface area contributed by atoms with Crippen LogP contribution >= 0.6 is 0 Å². The van der Waals surface area contributed by atoms with Crippen LogP contribution in [0.1, 0.15) is 36.8 Å². The average Bonchev–Trinajstić information content (AvgIpc) is 3.44. The molecule has 0 saturated heterocycles. The van der Waals surface area contributed by atoms with Crippen molar-refractivity contribution in [2.75, 3.05) is 5.32 Å². The first-order valence-corrected chi connectivity index (χ1v) is 10.4. The van der Waals surface area contributed by atoms with Gasteiger partial charge >= 0.3 is 0 Å². The number of pyridine rings is 1. The third-order valence-electron chi connectivity index (χ3n) is 5.79. The molecular formula is C24H25N5. The molecule has 0 spiro atoms. The van der Waals surface area contributed by atoms with E-state index in [1.807, 2.05) is 29.0 Å². The molecule has 0 bridgehead atoms. The van der Waals surface area contributed by atoms with Gasteiger partial charge in [0.25, 0.3) is 0 Å². The highest BCUT2D eigenvalue weighted by molar-refractivity contribution is 5.67. The lowest BCUT2D eigenvalue weighted by molar-refractivity contribution is 0.548. The van der Waals surface area contributed by atoms with Gasteiger partial charge in [0, 0.05) is 36.1 Å². The minimum atomic E-state index is 0.693. The quantitative estimate of drug-likeness (QED) is 0.501. The first-order valence-electron chi connectivity index (χ1n) is 10.4. The smallest absolute Gasteiger partial charge is 0.161 e. The van der Waals surface area contributed by atoms with E-state index < -0.39 is 0 Å². The molecular weight excluding hydrogens is 358 g/mol. The molecule has 0 unspecified atom stereocenters. The van der Waals surface area contributed by atoms with Gasteiger partial charge < -0.3 is 5.32 Å². The fourth-order valence-electron chi connectivity index (χ4n) is 4.26. The Morgan fingerprint density at radius 2 is 1.86 bits per heavy atom. The topological polar surface area (TPSA) is 55.1 Å². The minimum Gasteiger partial charge on any atom is -0.366 e. The molecule has 0 atom stereocenters. The van der Waals surface area contributed by atoms with E-state index >= 15 is 0 Å². The lowest BCUT2D eigenvalue weighted by Crippen LogP contribution is -2.07. The maximum atomic E-state index is 5.01. The third-order valence-corrected chi connectivity index (χ3v) is 5.79. The summed E-state index contributed by atoms with van der Waals surface area (Å²) >= 11 is 0. The van der Waals surface area contributed by atoms with Crippen LogP contribution in [0.15, 0.2) is 67.1 Å². The monoisotopic (exact) mass is 383 g/mol. The Bertz CT molecular complexity index is 1080. The zero-order valence-corrected chi connectivity index (χ0v) is 16.5. The summed E-state index contributed by atoms with van der Waals surface area (Å²) in [5.74, 6) is 1.72. The zero-order chi connectivity index (χ0) is 19.5. The normalized spacial score (nSPS) is 14.5. The molecule has 1 N–H and O–H groups in total. The molecule has 4 aromatic rings. The predicted octanol–water partition coefficient (Wildman–Crippen LogP) is 5.14. The van der Waals surface area contributed by atoms with E-state index in [-0.39, 0.29) is 0 Å². The summed E-state index contributed by atoms with van der Waals surface area (Å²) in [6, 6.07) is 16.5. The number of aromatic nitrogens is 4. The molecule has 5 heteroatoms. The van der Waals surface area contributed by atoms with Crippen molar-refractivity contribution in [3.63, 3.8) is 0 Å². The van der Waals surface area contributed by atoms with Crippen molar-refractivity contribution in [3.05, 3.63) is 78.2 Å². The number of fused-ring (bicyclic) bond motifs is 1. The van der Waals surface area contributed by atoms with E-state index in [4.69, 9.17) is 4.98 Å². The second-order valence-electron chi connectivity index (χ2n) is 7.87. The van der Waals surface area contributed by atoms with Crippen LogP contribution in [0, 0.1) is 5.92 Å². The summed E-state index contributed by atoms with van der Waals surface area (Å²) in [6.45, 7) is 0.693. The van der Waals surface area contributed by atoms with Gasteiger partial charge in [0.05, 0.1) is 11.9 Å². The summed E-state index contributed by atoms with van der Waals surface area (Å²) in [6.07, 6.45) is 12.1. The van der Waals surface area contributed by atoms with Crippen LogP contribution in [0.3, 0.4) is 0 Å². The Morgan fingerprint density at radius 1 is 1.00 bits per heavy atom. The van der Waals surface area contributed by atoms with Gasteiger partial charge in [0.1, 0.15) is 5.82 Å². The van der Waals surface area contributed by atoms with Crippen LogP contribution in [0.5, 0.6) is 0 Å². The highest BCUT2D eigenvalue weighted by atomic mass is 15.3. The molecule has 1 saturated carbocycles.